The summed E-state index contributed by atoms with van der Waals surface area (Å²) in [6.45, 7) is 0. The van der Waals surface area contributed by atoms with E-state index in [0.717, 1.165) is 12.1 Å². The quantitative estimate of drug-likeness (QED) is 0.573. The lowest BCUT2D eigenvalue weighted by Gasteiger charge is -2.02. The fraction of sp³-hybridized carbons (Fsp3) is 0. The molecule has 3 nitrogen and oxygen atoms in total. The molecule has 2 aromatic rings. The van der Waals surface area contributed by atoms with E-state index in [1.54, 1.807) is 0 Å². The first-order valence-electron chi connectivity index (χ1n) is 3.89. The van der Waals surface area contributed by atoms with Gasteiger partial charge in [0.2, 0.25) is 0 Å². The number of hydrogen-bond donors (Lipinski definition) is 0. The van der Waals surface area contributed by atoms with Crippen LogP contribution in [0.4, 0.5) is 4.39 Å². The molecule has 1 heterocycles. The maximum absolute atomic E-state index is 13.1. The summed E-state index contributed by atoms with van der Waals surface area (Å²) < 4.78 is 13.1. The molecule has 0 fully saturated rings. The number of rotatable bonds is 1. The van der Waals surface area contributed by atoms with E-state index in [0.29, 0.717) is 0 Å². The Morgan fingerprint density at radius 1 is 1.33 bits per heavy atom. The SMILES string of the molecule is O=C(Cl)c1cc(F)cc2c(Cl)ncnc12. The van der Waals surface area contributed by atoms with Gasteiger partial charge in [-0.3, -0.25) is 4.79 Å². The van der Waals surface area contributed by atoms with Gasteiger partial charge in [0.25, 0.3) is 5.24 Å². The van der Waals surface area contributed by atoms with Crippen LogP contribution in [-0.4, -0.2) is 15.2 Å². The highest BCUT2D eigenvalue weighted by atomic mass is 35.5. The summed E-state index contributed by atoms with van der Waals surface area (Å²) in [4.78, 5) is 18.5. The van der Waals surface area contributed by atoms with Crippen LogP contribution < -0.4 is 0 Å². The molecule has 1 aromatic carbocycles. The molecule has 15 heavy (non-hydrogen) atoms. The molecule has 0 bridgehead atoms. The maximum Gasteiger partial charge on any atom is 0.254 e. The number of halogens is 3. The molecule has 0 saturated heterocycles. The lowest BCUT2D eigenvalue weighted by Crippen LogP contribution is -1.96. The number of fused-ring (bicyclic) bond motifs is 1. The molecule has 0 radical (unpaired) electrons. The number of carbonyl (C=O) groups is 1. The summed E-state index contributed by atoms with van der Waals surface area (Å²) >= 11 is 11.0. The van der Waals surface area contributed by atoms with E-state index in [1.807, 2.05) is 0 Å². The monoisotopic (exact) mass is 244 g/mol. The summed E-state index contributed by atoms with van der Waals surface area (Å²) in [5.41, 5.74) is 0.229. The summed E-state index contributed by atoms with van der Waals surface area (Å²) in [5, 5.41) is -0.434. The molecule has 0 aliphatic carbocycles. The van der Waals surface area contributed by atoms with E-state index in [4.69, 9.17) is 23.2 Å². The number of carbonyl (C=O) groups excluding carboxylic acids is 1. The van der Waals surface area contributed by atoms with E-state index < -0.39 is 11.1 Å². The van der Waals surface area contributed by atoms with E-state index in [2.05, 4.69) is 9.97 Å². The fourth-order valence-corrected chi connectivity index (χ4v) is 1.58. The van der Waals surface area contributed by atoms with Crippen molar-refractivity contribution in [1.29, 1.82) is 0 Å². The first-order chi connectivity index (χ1) is 7.09. The second kappa shape index (κ2) is 3.72. The number of nitrogens with zero attached hydrogens (tertiary/aromatic N) is 2. The van der Waals surface area contributed by atoms with E-state index >= 15 is 0 Å². The molecule has 0 N–H and O–H groups in total. The number of benzene rings is 1. The van der Waals surface area contributed by atoms with Gasteiger partial charge in [-0.05, 0) is 23.7 Å². The Morgan fingerprint density at radius 3 is 2.73 bits per heavy atom. The van der Waals surface area contributed by atoms with Crippen LogP contribution in [0.2, 0.25) is 5.15 Å². The van der Waals surface area contributed by atoms with Crippen molar-refractivity contribution in [3.63, 3.8) is 0 Å². The standard InChI is InChI=1S/C9H3Cl2FN2O/c10-8-5-1-4(12)2-6(9(11)15)7(5)13-3-14-8/h1-3H. The van der Waals surface area contributed by atoms with Crippen molar-refractivity contribution in [2.75, 3.05) is 0 Å². The third kappa shape index (κ3) is 1.78. The van der Waals surface area contributed by atoms with Crippen LogP contribution in [0, 0.1) is 5.82 Å². The van der Waals surface area contributed by atoms with Crippen LogP contribution in [0.3, 0.4) is 0 Å². The summed E-state index contributed by atoms with van der Waals surface area (Å²) in [6.07, 6.45) is 1.19. The molecular weight excluding hydrogens is 242 g/mol. The molecule has 0 aliphatic heterocycles. The van der Waals surface area contributed by atoms with Gasteiger partial charge in [0.15, 0.2) is 0 Å². The van der Waals surface area contributed by atoms with Crippen LogP contribution in [0.1, 0.15) is 10.4 Å². The van der Waals surface area contributed by atoms with Gasteiger partial charge < -0.3 is 0 Å². The molecule has 0 aliphatic rings. The van der Waals surface area contributed by atoms with Crippen molar-refractivity contribution in [2.45, 2.75) is 0 Å². The van der Waals surface area contributed by atoms with E-state index in [1.165, 1.54) is 6.33 Å². The van der Waals surface area contributed by atoms with Crippen molar-refractivity contribution < 1.29 is 9.18 Å². The molecule has 1 aromatic heterocycles. The van der Waals surface area contributed by atoms with Crippen LogP contribution in [0.25, 0.3) is 10.9 Å². The average Bonchev–Trinajstić information content (AvgIpc) is 2.18. The zero-order chi connectivity index (χ0) is 11.0. The Balaban J connectivity index is 2.92. The van der Waals surface area contributed by atoms with Crippen molar-refractivity contribution in [3.05, 3.63) is 35.0 Å². The van der Waals surface area contributed by atoms with Gasteiger partial charge in [0.05, 0.1) is 11.1 Å². The third-order valence-corrected chi connectivity index (χ3v) is 2.37. The lowest BCUT2D eigenvalue weighted by atomic mass is 10.1. The number of aromatic nitrogens is 2. The lowest BCUT2D eigenvalue weighted by molar-refractivity contribution is 0.108. The topological polar surface area (TPSA) is 42.9 Å². The minimum atomic E-state index is -0.783. The molecule has 6 heteroatoms. The van der Waals surface area contributed by atoms with Crippen molar-refractivity contribution in [3.8, 4) is 0 Å². The molecule has 76 valence electrons. The highest BCUT2D eigenvalue weighted by Crippen LogP contribution is 2.24. The van der Waals surface area contributed by atoms with Crippen molar-refractivity contribution >= 4 is 39.3 Å². The zero-order valence-electron chi connectivity index (χ0n) is 7.17. The molecule has 0 unspecified atom stereocenters. The average molecular weight is 245 g/mol. The van der Waals surface area contributed by atoms with Crippen LogP contribution in [0.5, 0.6) is 0 Å². The van der Waals surface area contributed by atoms with Crippen LogP contribution in [0.15, 0.2) is 18.5 Å². The van der Waals surface area contributed by atoms with Gasteiger partial charge >= 0.3 is 0 Å². The van der Waals surface area contributed by atoms with Crippen LogP contribution >= 0.6 is 23.2 Å². The fourth-order valence-electron chi connectivity index (χ4n) is 1.25. The zero-order valence-corrected chi connectivity index (χ0v) is 8.68. The van der Waals surface area contributed by atoms with Gasteiger partial charge in [-0.15, -0.1) is 0 Å². The number of hydrogen-bond acceptors (Lipinski definition) is 3. The summed E-state index contributed by atoms with van der Waals surface area (Å²) in [7, 11) is 0. The Bertz CT molecular complexity index is 559. The predicted octanol–water partition coefficient (Wildman–Crippen LogP) is 2.80. The second-order valence-corrected chi connectivity index (χ2v) is 3.49. The Labute approximate surface area is 93.9 Å². The molecule has 0 atom stereocenters. The Kier molecular flexibility index (Phi) is 2.54. The van der Waals surface area contributed by atoms with Gasteiger partial charge in [-0.25, -0.2) is 14.4 Å². The van der Waals surface area contributed by atoms with E-state index in [9.17, 15) is 9.18 Å². The van der Waals surface area contributed by atoms with Gasteiger partial charge in [0, 0.05) is 5.39 Å². The van der Waals surface area contributed by atoms with Gasteiger partial charge in [-0.1, -0.05) is 11.6 Å². The van der Waals surface area contributed by atoms with Gasteiger partial charge in [-0.2, -0.15) is 0 Å². The Hall–Kier alpha value is -1.26. The largest absolute Gasteiger partial charge is 0.276 e. The summed E-state index contributed by atoms with van der Waals surface area (Å²) in [5.74, 6) is -0.608. The minimum absolute atomic E-state index is 0.0176. The van der Waals surface area contributed by atoms with Gasteiger partial charge in [0.1, 0.15) is 17.3 Å². The molecule has 0 saturated carbocycles. The smallest absolute Gasteiger partial charge is 0.254 e. The second-order valence-electron chi connectivity index (χ2n) is 2.79. The van der Waals surface area contributed by atoms with E-state index in [-0.39, 0.29) is 21.6 Å². The highest BCUT2D eigenvalue weighted by molar-refractivity contribution is 6.68. The molecular formula is C9H3Cl2FN2O. The van der Waals surface area contributed by atoms with Crippen LogP contribution in [-0.2, 0) is 0 Å². The molecule has 0 spiro atoms. The molecule has 0 amide bonds. The predicted molar refractivity (Wildman–Crippen MR) is 54.7 cm³/mol. The Morgan fingerprint density at radius 2 is 2.07 bits per heavy atom. The first kappa shape index (κ1) is 10.3. The first-order valence-corrected chi connectivity index (χ1v) is 4.65. The normalized spacial score (nSPS) is 10.6. The summed E-state index contributed by atoms with van der Waals surface area (Å²) in [6, 6.07) is 2.17. The minimum Gasteiger partial charge on any atom is -0.276 e. The molecule has 2 rings (SSSR count). The van der Waals surface area contributed by atoms with Crippen molar-refractivity contribution in [1.82, 2.24) is 9.97 Å². The highest BCUT2D eigenvalue weighted by Gasteiger charge is 2.13. The van der Waals surface area contributed by atoms with Crippen molar-refractivity contribution in [2.24, 2.45) is 0 Å². The third-order valence-electron chi connectivity index (χ3n) is 1.87. The maximum atomic E-state index is 13.1.